The van der Waals surface area contributed by atoms with E-state index in [2.05, 4.69) is 60.7 Å². The summed E-state index contributed by atoms with van der Waals surface area (Å²) in [5.41, 5.74) is 9.54. The molecule has 5 rings (SSSR count). The number of benzene rings is 3. The van der Waals surface area contributed by atoms with Gasteiger partial charge < -0.3 is 5.32 Å². The Hall–Kier alpha value is -4.25. The van der Waals surface area contributed by atoms with E-state index in [4.69, 9.17) is 4.98 Å². The topological polar surface area (TPSA) is 59.8 Å². The molecule has 0 radical (unpaired) electrons. The predicted molar refractivity (Wildman–Crippen MR) is 141 cm³/mol. The summed E-state index contributed by atoms with van der Waals surface area (Å²) in [5.74, 6) is -0.116. The molecule has 0 atom stereocenters. The van der Waals surface area contributed by atoms with Crippen molar-refractivity contribution in [3.63, 3.8) is 0 Å². The van der Waals surface area contributed by atoms with Crippen LogP contribution < -0.4 is 5.32 Å². The van der Waals surface area contributed by atoms with Gasteiger partial charge in [-0.2, -0.15) is 5.10 Å². The third kappa shape index (κ3) is 4.58. The Morgan fingerprint density at radius 2 is 1.60 bits per heavy atom. The van der Waals surface area contributed by atoms with E-state index in [-0.39, 0.29) is 5.91 Å². The number of amides is 1. The Morgan fingerprint density at radius 3 is 2.37 bits per heavy atom. The Labute approximate surface area is 205 Å². The van der Waals surface area contributed by atoms with E-state index in [1.165, 1.54) is 11.1 Å². The maximum atomic E-state index is 13.4. The highest BCUT2D eigenvalue weighted by molar-refractivity contribution is 6.07. The molecule has 0 unspecified atom stereocenters. The number of fused-ring (bicyclic) bond motifs is 1. The smallest absolute Gasteiger partial charge is 0.252 e. The number of aryl methyl sites for hydroxylation is 3. The summed E-state index contributed by atoms with van der Waals surface area (Å²) in [6, 6.07) is 24.3. The van der Waals surface area contributed by atoms with Crippen molar-refractivity contribution in [3.05, 3.63) is 113 Å². The average molecular weight is 461 g/mol. The van der Waals surface area contributed by atoms with Crippen LogP contribution in [-0.4, -0.2) is 20.7 Å². The molecule has 0 aliphatic carbocycles. The first-order valence-electron chi connectivity index (χ1n) is 11.8. The number of nitrogens with one attached hydrogen (secondary N) is 1. The average Bonchev–Trinajstić information content (AvgIpc) is 3.23. The quantitative estimate of drug-likeness (QED) is 0.337. The molecule has 2 heterocycles. The number of carbonyl (C=O) groups excluding carboxylic acids is 1. The van der Waals surface area contributed by atoms with E-state index < -0.39 is 0 Å². The molecule has 5 aromatic rings. The second kappa shape index (κ2) is 9.18. The molecule has 0 saturated heterocycles. The molecule has 0 saturated carbocycles. The van der Waals surface area contributed by atoms with Gasteiger partial charge in [0.25, 0.3) is 5.91 Å². The molecule has 1 N–H and O–H groups in total. The number of hydrogen-bond acceptors (Lipinski definition) is 3. The lowest BCUT2D eigenvalue weighted by molar-refractivity contribution is 0.0952. The van der Waals surface area contributed by atoms with Crippen LogP contribution in [0.5, 0.6) is 0 Å². The maximum absolute atomic E-state index is 13.4. The standard InChI is InChI=1S/C30H28N4O/c1-19-8-11-24(12-9-19)34-22(4)27(18-32-34)29-16-26(25-15-21(3)10-13-28(25)33-29)30(35)31-17-23-7-5-6-20(2)14-23/h5-16,18H,17H2,1-4H3,(H,31,35). The first kappa shape index (κ1) is 22.5. The normalized spacial score (nSPS) is 11.1. The lowest BCUT2D eigenvalue weighted by Crippen LogP contribution is -2.23. The molecule has 5 heteroatoms. The summed E-state index contributed by atoms with van der Waals surface area (Å²) in [7, 11) is 0. The van der Waals surface area contributed by atoms with Gasteiger partial charge in [0.05, 0.1) is 34.4 Å². The van der Waals surface area contributed by atoms with Gasteiger partial charge >= 0.3 is 0 Å². The van der Waals surface area contributed by atoms with Gasteiger partial charge in [0.2, 0.25) is 0 Å². The van der Waals surface area contributed by atoms with E-state index in [0.717, 1.165) is 44.7 Å². The minimum atomic E-state index is -0.116. The van der Waals surface area contributed by atoms with Crippen LogP contribution in [0.2, 0.25) is 0 Å². The molecule has 0 spiro atoms. The molecule has 0 aliphatic rings. The molecule has 3 aromatic carbocycles. The van der Waals surface area contributed by atoms with Crippen LogP contribution in [0.1, 0.15) is 38.3 Å². The van der Waals surface area contributed by atoms with Crippen molar-refractivity contribution in [3.8, 4) is 16.9 Å². The van der Waals surface area contributed by atoms with Gasteiger partial charge in [-0.1, -0.05) is 59.2 Å². The van der Waals surface area contributed by atoms with Crippen molar-refractivity contribution in [1.82, 2.24) is 20.1 Å². The maximum Gasteiger partial charge on any atom is 0.252 e. The van der Waals surface area contributed by atoms with Crippen molar-refractivity contribution < 1.29 is 4.79 Å². The zero-order valence-corrected chi connectivity index (χ0v) is 20.5. The van der Waals surface area contributed by atoms with Crippen molar-refractivity contribution in [2.24, 2.45) is 0 Å². The first-order valence-corrected chi connectivity index (χ1v) is 11.8. The molecular weight excluding hydrogens is 432 g/mol. The van der Waals surface area contributed by atoms with E-state index in [1.54, 1.807) is 0 Å². The second-order valence-corrected chi connectivity index (χ2v) is 9.14. The molecule has 0 bridgehead atoms. The van der Waals surface area contributed by atoms with Crippen molar-refractivity contribution in [2.45, 2.75) is 34.2 Å². The van der Waals surface area contributed by atoms with Crippen molar-refractivity contribution in [2.75, 3.05) is 0 Å². The summed E-state index contributed by atoms with van der Waals surface area (Å²) < 4.78 is 1.91. The van der Waals surface area contributed by atoms with Gasteiger partial charge in [0.1, 0.15) is 0 Å². The Morgan fingerprint density at radius 1 is 0.857 bits per heavy atom. The third-order valence-corrected chi connectivity index (χ3v) is 6.31. The number of hydrogen-bond donors (Lipinski definition) is 1. The van der Waals surface area contributed by atoms with E-state index in [0.29, 0.717) is 12.1 Å². The van der Waals surface area contributed by atoms with Gasteiger partial charge in [0.15, 0.2) is 0 Å². The minimum Gasteiger partial charge on any atom is -0.348 e. The van der Waals surface area contributed by atoms with Crippen molar-refractivity contribution >= 4 is 16.8 Å². The highest BCUT2D eigenvalue weighted by Gasteiger charge is 2.17. The van der Waals surface area contributed by atoms with Gasteiger partial charge in [0, 0.05) is 17.5 Å². The molecule has 0 fully saturated rings. The van der Waals surface area contributed by atoms with Crippen LogP contribution in [0.3, 0.4) is 0 Å². The number of rotatable bonds is 5. The molecule has 1 amide bonds. The summed E-state index contributed by atoms with van der Waals surface area (Å²) in [6.07, 6.45) is 1.83. The fourth-order valence-electron chi connectivity index (χ4n) is 4.37. The number of carbonyl (C=O) groups is 1. The van der Waals surface area contributed by atoms with Gasteiger partial charge in [-0.05, 0) is 63.6 Å². The Kier molecular flexibility index (Phi) is 5.91. The zero-order chi connectivity index (χ0) is 24.5. The van der Waals surface area contributed by atoms with E-state index >= 15 is 0 Å². The molecular formula is C30H28N4O. The number of nitrogens with zero attached hydrogens (tertiary/aromatic N) is 3. The fourth-order valence-corrected chi connectivity index (χ4v) is 4.37. The lowest BCUT2D eigenvalue weighted by atomic mass is 10.0. The largest absolute Gasteiger partial charge is 0.348 e. The van der Waals surface area contributed by atoms with Crippen LogP contribution in [0.15, 0.2) is 79.0 Å². The minimum absolute atomic E-state index is 0.116. The van der Waals surface area contributed by atoms with Crippen LogP contribution in [0, 0.1) is 27.7 Å². The molecule has 0 aliphatic heterocycles. The Balaban J connectivity index is 1.55. The van der Waals surface area contributed by atoms with Crippen LogP contribution in [-0.2, 0) is 6.54 Å². The van der Waals surface area contributed by atoms with Crippen LogP contribution in [0.25, 0.3) is 27.8 Å². The number of aromatic nitrogens is 3. The highest BCUT2D eigenvalue weighted by atomic mass is 16.1. The summed E-state index contributed by atoms with van der Waals surface area (Å²) in [5, 5.41) is 8.56. The lowest BCUT2D eigenvalue weighted by Gasteiger charge is -2.12. The van der Waals surface area contributed by atoms with Gasteiger partial charge in [-0.3, -0.25) is 4.79 Å². The highest BCUT2D eigenvalue weighted by Crippen LogP contribution is 2.29. The third-order valence-electron chi connectivity index (χ3n) is 6.31. The summed E-state index contributed by atoms with van der Waals surface area (Å²) >= 11 is 0. The summed E-state index contributed by atoms with van der Waals surface area (Å²) in [6.45, 7) is 8.64. The van der Waals surface area contributed by atoms with Gasteiger partial charge in [-0.15, -0.1) is 0 Å². The number of pyridine rings is 1. The summed E-state index contributed by atoms with van der Waals surface area (Å²) in [4.78, 5) is 18.3. The molecule has 35 heavy (non-hydrogen) atoms. The van der Waals surface area contributed by atoms with Gasteiger partial charge in [-0.25, -0.2) is 9.67 Å². The molecule has 5 nitrogen and oxygen atoms in total. The monoisotopic (exact) mass is 460 g/mol. The van der Waals surface area contributed by atoms with E-state index in [9.17, 15) is 4.79 Å². The SMILES string of the molecule is Cc1ccc(-n2ncc(-c3cc(C(=O)NCc4cccc(C)c4)c4cc(C)ccc4n3)c2C)cc1. The van der Waals surface area contributed by atoms with Crippen LogP contribution >= 0.6 is 0 Å². The molecule has 2 aromatic heterocycles. The molecule has 174 valence electrons. The first-order chi connectivity index (χ1) is 16.9. The van der Waals surface area contributed by atoms with Crippen LogP contribution in [0.4, 0.5) is 0 Å². The predicted octanol–water partition coefficient (Wildman–Crippen LogP) is 6.25. The van der Waals surface area contributed by atoms with Crippen molar-refractivity contribution in [1.29, 1.82) is 0 Å². The fraction of sp³-hybridized carbons (Fsp3) is 0.167. The zero-order valence-electron chi connectivity index (χ0n) is 20.5. The van der Waals surface area contributed by atoms with E-state index in [1.807, 2.05) is 61.1 Å². The Bertz CT molecular complexity index is 1550. The second-order valence-electron chi connectivity index (χ2n) is 9.14.